The van der Waals surface area contributed by atoms with E-state index in [1.54, 1.807) is 32.1 Å². The molecule has 0 spiro atoms. The van der Waals surface area contributed by atoms with Crippen LogP contribution >= 0.6 is 0 Å². The van der Waals surface area contributed by atoms with Crippen LogP contribution in [-0.4, -0.2) is 75.3 Å². The van der Waals surface area contributed by atoms with Gasteiger partial charge in [0.05, 0.1) is 31.6 Å². The summed E-state index contributed by atoms with van der Waals surface area (Å²) in [4.78, 5) is 29.2. The molecule has 3 N–H and O–H groups in total. The van der Waals surface area contributed by atoms with E-state index in [1.807, 2.05) is 24.3 Å². The standard InChI is InChI=1S/C26H32N4O6S/c1-18-13-23(36-3)14-19(2)24(18)37(34,35)17-27-10-4-5-22(31)16-28-15-20-6-8-21(9-7-20)25-29-11-12-30(25)26(32)33/h4-9,13-14,27-28H,10-12,15-17H2,1-3H3,(H,32,33). The Hall–Kier alpha value is -3.54. The van der Waals surface area contributed by atoms with Crippen molar-refractivity contribution in [1.82, 2.24) is 15.5 Å². The molecule has 0 unspecified atom stereocenters. The number of aliphatic imine (C=N–C) groups is 1. The zero-order valence-corrected chi connectivity index (χ0v) is 22.0. The van der Waals surface area contributed by atoms with E-state index in [0.717, 1.165) is 11.1 Å². The quantitative estimate of drug-likeness (QED) is 0.282. The first-order chi connectivity index (χ1) is 17.6. The number of benzene rings is 2. The number of nitrogens with zero attached hydrogens (tertiary/aromatic N) is 2. The van der Waals surface area contributed by atoms with E-state index in [9.17, 15) is 23.1 Å². The van der Waals surface area contributed by atoms with Gasteiger partial charge in [0.1, 0.15) is 17.5 Å². The molecule has 0 saturated heterocycles. The number of nitrogens with one attached hydrogen (secondary N) is 2. The molecule has 0 bridgehead atoms. The Morgan fingerprint density at radius 2 is 1.81 bits per heavy atom. The molecule has 0 aliphatic carbocycles. The van der Waals surface area contributed by atoms with E-state index in [2.05, 4.69) is 15.6 Å². The van der Waals surface area contributed by atoms with Gasteiger partial charge >= 0.3 is 6.09 Å². The lowest BCUT2D eigenvalue weighted by Crippen LogP contribution is -2.33. The molecule has 37 heavy (non-hydrogen) atoms. The van der Waals surface area contributed by atoms with Crippen LogP contribution in [0.5, 0.6) is 5.75 Å². The van der Waals surface area contributed by atoms with Crippen molar-refractivity contribution in [3.8, 4) is 5.75 Å². The third-order valence-electron chi connectivity index (χ3n) is 5.75. The molecule has 0 aromatic heterocycles. The molecular weight excluding hydrogens is 496 g/mol. The second-order valence-corrected chi connectivity index (χ2v) is 10.5. The molecule has 2 aromatic carbocycles. The van der Waals surface area contributed by atoms with Gasteiger partial charge in [0.2, 0.25) is 0 Å². The number of rotatable bonds is 12. The highest BCUT2D eigenvalue weighted by molar-refractivity contribution is 7.91. The van der Waals surface area contributed by atoms with Gasteiger partial charge in [-0.3, -0.25) is 20.0 Å². The number of carbonyl (C=O) groups is 2. The second-order valence-electron chi connectivity index (χ2n) is 8.61. The zero-order valence-electron chi connectivity index (χ0n) is 21.2. The molecule has 0 atom stereocenters. The summed E-state index contributed by atoms with van der Waals surface area (Å²) in [5, 5.41) is 15.2. The topological polar surface area (TPSA) is 137 Å². The van der Waals surface area contributed by atoms with Crippen molar-refractivity contribution in [2.45, 2.75) is 25.3 Å². The van der Waals surface area contributed by atoms with Crippen molar-refractivity contribution in [1.29, 1.82) is 0 Å². The molecule has 3 rings (SSSR count). The largest absolute Gasteiger partial charge is 0.497 e. The van der Waals surface area contributed by atoms with Gasteiger partial charge in [-0.05, 0) is 48.7 Å². The molecule has 198 valence electrons. The third-order valence-corrected chi connectivity index (χ3v) is 7.60. The molecule has 1 amide bonds. The zero-order chi connectivity index (χ0) is 27.0. The number of sulfone groups is 1. The van der Waals surface area contributed by atoms with Gasteiger partial charge in [-0.25, -0.2) is 13.2 Å². The molecule has 2 aromatic rings. The number of hydrogen-bond acceptors (Lipinski definition) is 8. The summed E-state index contributed by atoms with van der Waals surface area (Å²) >= 11 is 0. The SMILES string of the molecule is COc1cc(C)c(S(=O)(=O)CNCC=CC(=O)CNCc2ccc(C3=NCCN3C(=O)O)cc2)c(C)c1. The third kappa shape index (κ3) is 7.48. The lowest BCUT2D eigenvalue weighted by atomic mass is 10.1. The van der Waals surface area contributed by atoms with E-state index < -0.39 is 15.9 Å². The summed E-state index contributed by atoms with van der Waals surface area (Å²) in [6, 6.07) is 10.7. The number of ketones is 1. The van der Waals surface area contributed by atoms with Crippen molar-refractivity contribution >= 4 is 27.5 Å². The molecule has 1 aliphatic rings. The first-order valence-electron chi connectivity index (χ1n) is 11.8. The maximum Gasteiger partial charge on any atom is 0.413 e. The van der Waals surface area contributed by atoms with Crippen LogP contribution in [0.4, 0.5) is 4.79 Å². The number of aryl methyl sites for hydroxylation is 2. The number of amides is 1. The summed E-state index contributed by atoms with van der Waals surface area (Å²) < 4.78 is 30.7. The average molecular weight is 529 g/mol. The van der Waals surface area contributed by atoms with Crippen molar-refractivity contribution in [3.63, 3.8) is 0 Å². The molecular formula is C26H32N4O6S. The number of ether oxygens (including phenoxy) is 1. The Morgan fingerprint density at radius 3 is 2.43 bits per heavy atom. The summed E-state index contributed by atoms with van der Waals surface area (Å²) in [6.07, 6.45) is 1.99. The minimum atomic E-state index is -3.55. The maximum atomic E-state index is 12.7. The summed E-state index contributed by atoms with van der Waals surface area (Å²) in [7, 11) is -2.01. The van der Waals surface area contributed by atoms with E-state index in [4.69, 9.17) is 4.74 Å². The Balaban J connectivity index is 1.40. The predicted octanol–water partition coefficient (Wildman–Crippen LogP) is 2.29. The minimum absolute atomic E-state index is 0.125. The number of carboxylic acid groups (broad SMARTS) is 1. The van der Waals surface area contributed by atoms with Gasteiger partial charge in [0, 0.05) is 18.7 Å². The second kappa shape index (κ2) is 12.6. The van der Waals surface area contributed by atoms with Crippen LogP contribution in [0.2, 0.25) is 0 Å². The van der Waals surface area contributed by atoms with Crippen LogP contribution in [-0.2, 0) is 21.2 Å². The van der Waals surface area contributed by atoms with Crippen LogP contribution in [0.25, 0.3) is 0 Å². The van der Waals surface area contributed by atoms with Crippen LogP contribution < -0.4 is 15.4 Å². The number of carbonyl (C=O) groups excluding carboxylic acids is 1. The molecule has 0 saturated carbocycles. The molecule has 11 heteroatoms. The highest BCUT2D eigenvalue weighted by atomic mass is 32.2. The molecule has 0 fully saturated rings. The predicted molar refractivity (Wildman–Crippen MR) is 141 cm³/mol. The van der Waals surface area contributed by atoms with E-state index in [1.165, 1.54) is 18.1 Å². The Bertz CT molecular complexity index is 1280. The fourth-order valence-electron chi connectivity index (χ4n) is 4.10. The Labute approximate surface area is 217 Å². The van der Waals surface area contributed by atoms with Gasteiger partial charge in [-0.2, -0.15) is 0 Å². The van der Waals surface area contributed by atoms with Crippen molar-refractivity contribution in [2.75, 3.05) is 39.2 Å². The smallest absolute Gasteiger partial charge is 0.413 e. The lowest BCUT2D eigenvalue weighted by Gasteiger charge is -2.14. The monoisotopic (exact) mass is 528 g/mol. The summed E-state index contributed by atoms with van der Waals surface area (Å²) in [5.74, 6) is 0.674. The average Bonchev–Trinajstić information content (AvgIpc) is 3.34. The molecule has 0 radical (unpaired) electrons. The fraction of sp³-hybridized carbons (Fsp3) is 0.346. The summed E-state index contributed by atoms with van der Waals surface area (Å²) in [5.41, 5.74) is 2.92. The van der Waals surface area contributed by atoms with Gasteiger partial charge in [-0.15, -0.1) is 0 Å². The van der Waals surface area contributed by atoms with Crippen molar-refractivity contribution in [2.24, 2.45) is 4.99 Å². The van der Waals surface area contributed by atoms with Gasteiger partial charge < -0.3 is 15.2 Å². The number of methoxy groups -OCH3 is 1. The van der Waals surface area contributed by atoms with Crippen molar-refractivity contribution in [3.05, 3.63) is 70.8 Å². The Kier molecular flexibility index (Phi) is 9.56. The maximum absolute atomic E-state index is 12.7. The molecule has 10 nitrogen and oxygen atoms in total. The van der Waals surface area contributed by atoms with Crippen LogP contribution in [0, 0.1) is 13.8 Å². The van der Waals surface area contributed by atoms with Crippen molar-refractivity contribution < 1.29 is 27.9 Å². The first kappa shape index (κ1) is 28.0. The lowest BCUT2D eigenvalue weighted by molar-refractivity contribution is -0.113. The fourth-order valence-corrected chi connectivity index (χ4v) is 5.73. The van der Waals surface area contributed by atoms with Gasteiger partial charge in [-0.1, -0.05) is 30.3 Å². The first-order valence-corrected chi connectivity index (χ1v) is 13.4. The Morgan fingerprint density at radius 1 is 1.14 bits per heavy atom. The number of amidine groups is 1. The van der Waals surface area contributed by atoms with Crippen LogP contribution in [0.1, 0.15) is 22.3 Å². The normalized spacial score (nSPS) is 13.7. The van der Waals surface area contributed by atoms with Crippen LogP contribution in [0.3, 0.4) is 0 Å². The number of hydrogen-bond donors (Lipinski definition) is 3. The van der Waals surface area contributed by atoms with E-state index in [0.29, 0.717) is 42.3 Å². The highest BCUT2D eigenvalue weighted by Gasteiger charge is 2.24. The van der Waals surface area contributed by atoms with Gasteiger partial charge in [0.15, 0.2) is 15.6 Å². The van der Waals surface area contributed by atoms with E-state index in [-0.39, 0.29) is 29.6 Å². The molecule has 1 heterocycles. The highest BCUT2D eigenvalue weighted by Crippen LogP contribution is 2.26. The van der Waals surface area contributed by atoms with Crippen LogP contribution in [0.15, 0.2) is 58.4 Å². The minimum Gasteiger partial charge on any atom is -0.497 e. The summed E-state index contributed by atoms with van der Waals surface area (Å²) in [6.45, 7) is 5.11. The molecule has 1 aliphatic heterocycles. The van der Waals surface area contributed by atoms with E-state index >= 15 is 0 Å². The van der Waals surface area contributed by atoms with Gasteiger partial charge in [0.25, 0.3) is 0 Å².